The van der Waals surface area contributed by atoms with Crippen LogP contribution < -0.4 is 10.6 Å². The number of carbonyl (C=O) groups excluding carboxylic acids is 1. The van der Waals surface area contributed by atoms with Crippen LogP contribution in [-0.4, -0.2) is 11.0 Å². The molecular weight excluding hydrogens is 274 g/mol. The van der Waals surface area contributed by atoms with E-state index < -0.39 is 0 Å². The molecule has 1 aromatic heterocycles. The number of rotatable bonds is 5. The lowest BCUT2D eigenvalue weighted by atomic mass is 10.0. The Kier molecular flexibility index (Phi) is 4.37. The fraction of sp³-hybridized carbons (Fsp3) is 0.333. The molecule has 1 aliphatic rings. The summed E-state index contributed by atoms with van der Waals surface area (Å²) >= 11 is 0. The highest BCUT2D eigenvalue weighted by Gasteiger charge is 2.33. The number of benzene rings is 1. The van der Waals surface area contributed by atoms with Crippen molar-refractivity contribution in [1.82, 2.24) is 15.6 Å². The molecule has 2 unspecified atom stereocenters. The monoisotopic (exact) mass is 295 g/mol. The average molecular weight is 295 g/mol. The number of pyridine rings is 1. The Morgan fingerprint density at radius 1 is 1.05 bits per heavy atom. The first-order chi connectivity index (χ1) is 10.7. The molecule has 1 aliphatic carbocycles. The van der Waals surface area contributed by atoms with Crippen LogP contribution >= 0.6 is 0 Å². The molecule has 0 bridgehead atoms. The summed E-state index contributed by atoms with van der Waals surface area (Å²) in [5.74, 6) is 0.560. The Labute approximate surface area is 131 Å². The summed E-state index contributed by atoms with van der Waals surface area (Å²) in [5.41, 5.74) is 2.23. The van der Waals surface area contributed by atoms with Gasteiger partial charge in [-0.1, -0.05) is 30.3 Å². The lowest BCUT2D eigenvalue weighted by Crippen LogP contribution is -2.39. The summed E-state index contributed by atoms with van der Waals surface area (Å²) in [6.07, 6.45) is 5.84. The van der Waals surface area contributed by atoms with Gasteiger partial charge in [-0.2, -0.15) is 0 Å². The minimum atomic E-state index is -0.120. The number of amides is 2. The van der Waals surface area contributed by atoms with E-state index in [1.54, 1.807) is 12.4 Å². The third-order valence-electron chi connectivity index (χ3n) is 4.09. The molecule has 2 aromatic rings. The van der Waals surface area contributed by atoms with Crippen molar-refractivity contribution in [2.45, 2.75) is 31.8 Å². The molecule has 1 fully saturated rings. The van der Waals surface area contributed by atoms with Crippen molar-refractivity contribution in [3.05, 3.63) is 66.0 Å². The van der Waals surface area contributed by atoms with Crippen molar-refractivity contribution in [3.63, 3.8) is 0 Å². The second-order valence-electron chi connectivity index (χ2n) is 5.85. The van der Waals surface area contributed by atoms with E-state index in [9.17, 15) is 4.79 Å². The lowest BCUT2D eigenvalue weighted by Gasteiger charge is -2.21. The average Bonchev–Trinajstić information content (AvgIpc) is 3.39. The van der Waals surface area contributed by atoms with Gasteiger partial charge in [0.1, 0.15) is 0 Å². The van der Waals surface area contributed by atoms with Gasteiger partial charge in [-0.3, -0.25) is 4.98 Å². The maximum Gasteiger partial charge on any atom is 0.315 e. The van der Waals surface area contributed by atoms with Crippen LogP contribution in [-0.2, 0) is 0 Å². The summed E-state index contributed by atoms with van der Waals surface area (Å²) < 4.78 is 0. The van der Waals surface area contributed by atoms with Gasteiger partial charge in [-0.15, -0.1) is 0 Å². The number of urea groups is 1. The first-order valence-corrected chi connectivity index (χ1v) is 7.76. The maximum atomic E-state index is 12.3. The Morgan fingerprint density at radius 3 is 2.36 bits per heavy atom. The van der Waals surface area contributed by atoms with E-state index in [0.29, 0.717) is 5.92 Å². The van der Waals surface area contributed by atoms with Crippen LogP contribution in [0.4, 0.5) is 4.79 Å². The Bertz CT molecular complexity index is 611. The van der Waals surface area contributed by atoms with E-state index in [0.717, 1.165) is 5.56 Å². The molecule has 114 valence electrons. The second-order valence-corrected chi connectivity index (χ2v) is 5.85. The zero-order valence-electron chi connectivity index (χ0n) is 12.7. The smallest absolute Gasteiger partial charge is 0.315 e. The molecule has 2 amide bonds. The van der Waals surface area contributed by atoms with Gasteiger partial charge in [0.25, 0.3) is 0 Å². The van der Waals surface area contributed by atoms with E-state index in [2.05, 4.69) is 27.8 Å². The molecule has 0 aliphatic heterocycles. The summed E-state index contributed by atoms with van der Waals surface area (Å²) in [4.78, 5) is 16.3. The summed E-state index contributed by atoms with van der Waals surface area (Å²) in [6.45, 7) is 1.98. The van der Waals surface area contributed by atoms with Crippen LogP contribution in [0.2, 0.25) is 0 Å². The van der Waals surface area contributed by atoms with Crippen molar-refractivity contribution in [2.75, 3.05) is 0 Å². The van der Waals surface area contributed by atoms with Crippen LogP contribution in [0.15, 0.2) is 54.9 Å². The molecule has 1 heterocycles. The van der Waals surface area contributed by atoms with Crippen LogP contribution in [0.3, 0.4) is 0 Å². The van der Waals surface area contributed by atoms with Crippen molar-refractivity contribution in [3.8, 4) is 0 Å². The topological polar surface area (TPSA) is 54.0 Å². The fourth-order valence-electron chi connectivity index (χ4n) is 2.68. The fourth-order valence-corrected chi connectivity index (χ4v) is 2.68. The second kappa shape index (κ2) is 6.60. The number of carbonyl (C=O) groups is 1. The molecule has 3 rings (SSSR count). The van der Waals surface area contributed by atoms with Crippen LogP contribution in [0.25, 0.3) is 0 Å². The number of nitrogens with zero attached hydrogens (tertiary/aromatic N) is 1. The van der Waals surface area contributed by atoms with Gasteiger partial charge in [0.15, 0.2) is 0 Å². The van der Waals surface area contributed by atoms with Gasteiger partial charge < -0.3 is 10.6 Å². The highest BCUT2D eigenvalue weighted by molar-refractivity contribution is 5.75. The van der Waals surface area contributed by atoms with E-state index in [-0.39, 0.29) is 18.1 Å². The molecule has 0 radical (unpaired) electrons. The number of aromatic nitrogens is 1. The minimum Gasteiger partial charge on any atom is -0.332 e. The standard InChI is InChI=1S/C18H21N3O/c1-13(14-9-11-19-12-10-14)20-18(22)21-17(16-7-8-16)15-5-3-2-4-6-15/h2-6,9-13,16-17H,7-8H2,1H3,(H2,20,21,22). The zero-order chi connectivity index (χ0) is 15.4. The van der Waals surface area contributed by atoms with Gasteiger partial charge in [0, 0.05) is 12.4 Å². The van der Waals surface area contributed by atoms with Gasteiger partial charge in [-0.25, -0.2) is 4.79 Å². The zero-order valence-corrected chi connectivity index (χ0v) is 12.7. The van der Waals surface area contributed by atoms with Crippen LogP contribution in [0.5, 0.6) is 0 Å². The van der Waals surface area contributed by atoms with Crippen molar-refractivity contribution in [1.29, 1.82) is 0 Å². The van der Waals surface area contributed by atoms with E-state index in [1.165, 1.54) is 18.4 Å². The Hall–Kier alpha value is -2.36. The Balaban J connectivity index is 1.62. The quantitative estimate of drug-likeness (QED) is 0.885. The van der Waals surface area contributed by atoms with E-state index >= 15 is 0 Å². The van der Waals surface area contributed by atoms with E-state index in [4.69, 9.17) is 0 Å². The molecule has 1 saturated carbocycles. The first kappa shape index (κ1) is 14.6. The molecular formula is C18H21N3O. The Morgan fingerprint density at radius 2 is 1.73 bits per heavy atom. The number of nitrogens with one attached hydrogen (secondary N) is 2. The van der Waals surface area contributed by atoms with E-state index in [1.807, 2.05) is 37.3 Å². The predicted octanol–water partition coefficient (Wildman–Crippen LogP) is 3.59. The molecule has 2 atom stereocenters. The normalized spacial score (nSPS) is 16.6. The number of hydrogen-bond acceptors (Lipinski definition) is 2. The van der Waals surface area contributed by atoms with Crippen molar-refractivity contribution < 1.29 is 4.79 Å². The van der Waals surface area contributed by atoms with Crippen molar-refractivity contribution in [2.24, 2.45) is 5.92 Å². The maximum absolute atomic E-state index is 12.3. The van der Waals surface area contributed by atoms with Crippen LogP contribution in [0.1, 0.15) is 43.0 Å². The summed E-state index contributed by atoms with van der Waals surface area (Å²) in [6, 6.07) is 14.0. The minimum absolute atomic E-state index is 0.0429. The third kappa shape index (κ3) is 3.64. The molecule has 2 N–H and O–H groups in total. The third-order valence-corrected chi connectivity index (χ3v) is 4.09. The van der Waals surface area contributed by atoms with Gasteiger partial charge in [-0.05, 0) is 48.9 Å². The molecule has 22 heavy (non-hydrogen) atoms. The van der Waals surface area contributed by atoms with Crippen LogP contribution in [0, 0.1) is 5.92 Å². The number of hydrogen-bond donors (Lipinski definition) is 2. The lowest BCUT2D eigenvalue weighted by molar-refractivity contribution is 0.232. The summed E-state index contributed by atoms with van der Waals surface area (Å²) in [5, 5.41) is 6.13. The van der Waals surface area contributed by atoms with Gasteiger partial charge in [0.05, 0.1) is 12.1 Å². The summed E-state index contributed by atoms with van der Waals surface area (Å²) in [7, 11) is 0. The molecule has 1 aromatic carbocycles. The molecule has 4 heteroatoms. The molecule has 0 saturated heterocycles. The SMILES string of the molecule is CC(NC(=O)NC(c1ccccc1)C1CC1)c1ccncc1. The highest BCUT2D eigenvalue weighted by Crippen LogP contribution is 2.40. The first-order valence-electron chi connectivity index (χ1n) is 7.76. The highest BCUT2D eigenvalue weighted by atomic mass is 16.2. The van der Waals surface area contributed by atoms with Crippen molar-refractivity contribution >= 4 is 6.03 Å². The predicted molar refractivity (Wildman–Crippen MR) is 86.2 cm³/mol. The largest absolute Gasteiger partial charge is 0.332 e. The van der Waals surface area contributed by atoms with Gasteiger partial charge in [0.2, 0.25) is 0 Å². The molecule has 4 nitrogen and oxygen atoms in total. The molecule has 0 spiro atoms. The van der Waals surface area contributed by atoms with Gasteiger partial charge >= 0.3 is 6.03 Å².